The van der Waals surface area contributed by atoms with Crippen molar-refractivity contribution in [2.45, 2.75) is 0 Å². The molecule has 0 heterocycles. The number of anilines is 4. The number of rotatable bonds is 5. The summed E-state index contributed by atoms with van der Waals surface area (Å²) in [7, 11) is 2.04. The smallest absolute Gasteiger partial charge is 0.0803 e. The lowest BCUT2D eigenvalue weighted by Crippen LogP contribution is -2.25. The highest BCUT2D eigenvalue weighted by Crippen LogP contribution is 2.30. The Labute approximate surface area is 153 Å². The third-order valence-corrected chi connectivity index (χ3v) is 4.40. The van der Waals surface area contributed by atoms with E-state index in [9.17, 15) is 0 Å². The Kier molecular flexibility index (Phi) is 4.44. The molecule has 0 saturated carbocycles. The van der Waals surface area contributed by atoms with Crippen LogP contribution < -0.4 is 15.8 Å². The Bertz CT molecular complexity index is 1010. The molecule has 0 bridgehead atoms. The van der Waals surface area contributed by atoms with E-state index >= 15 is 0 Å². The van der Waals surface area contributed by atoms with Crippen molar-refractivity contribution in [3.05, 3.63) is 97.1 Å². The van der Waals surface area contributed by atoms with Crippen molar-refractivity contribution in [1.29, 1.82) is 0 Å². The highest BCUT2D eigenvalue weighted by atomic mass is 15.5. The maximum absolute atomic E-state index is 3.52. The molecular formula is C23H21N3. The van der Waals surface area contributed by atoms with Gasteiger partial charge in [0.1, 0.15) is 0 Å². The van der Waals surface area contributed by atoms with E-state index < -0.39 is 0 Å². The quantitative estimate of drug-likeness (QED) is 0.434. The van der Waals surface area contributed by atoms with E-state index in [0.717, 1.165) is 22.7 Å². The third-order valence-electron chi connectivity index (χ3n) is 4.40. The Hall–Kier alpha value is -3.46. The fourth-order valence-corrected chi connectivity index (χ4v) is 3.11. The lowest BCUT2D eigenvalue weighted by molar-refractivity contribution is 1.10. The second-order valence-electron chi connectivity index (χ2n) is 6.21. The summed E-state index contributed by atoms with van der Waals surface area (Å²) in [5, 5.41) is 7.97. The third kappa shape index (κ3) is 3.33. The van der Waals surface area contributed by atoms with Crippen molar-refractivity contribution in [3.8, 4) is 0 Å². The molecule has 0 spiro atoms. The molecule has 0 aromatic heterocycles. The molecule has 0 saturated heterocycles. The van der Waals surface area contributed by atoms with Crippen LogP contribution in [0.5, 0.6) is 0 Å². The van der Waals surface area contributed by atoms with Crippen molar-refractivity contribution < 1.29 is 0 Å². The van der Waals surface area contributed by atoms with Gasteiger partial charge in [0.15, 0.2) is 0 Å². The van der Waals surface area contributed by atoms with Gasteiger partial charge in [0, 0.05) is 18.1 Å². The van der Waals surface area contributed by atoms with E-state index in [0.29, 0.717) is 0 Å². The van der Waals surface area contributed by atoms with Gasteiger partial charge in [0.2, 0.25) is 0 Å². The number of hydrazine groups is 1. The van der Waals surface area contributed by atoms with Crippen LogP contribution in [0.25, 0.3) is 10.8 Å². The van der Waals surface area contributed by atoms with Crippen LogP contribution in [-0.4, -0.2) is 7.05 Å². The lowest BCUT2D eigenvalue weighted by atomic mass is 10.1. The minimum absolute atomic E-state index is 1.05. The maximum atomic E-state index is 3.52. The van der Waals surface area contributed by atoms with Gasteiger partial charge in [-0.25, -0.2) is 0 Å². The molecule has 4 aromatic rings. The average molecular weight is 339 g/mol. The minimum atomic E-state index is 1.05. The largest absolute Gasteiger partial charge is 0.354 e. The summed E-state index contributed by atoms with van der Waals surface area (Å²) in [4.78, 5) is 0. The van der Waals surface area contributed by atoms with E-state index in [1.165, 1.54) is 10.8 Å². The van der Waals surface area contributed by atoms with Gasteiger partial charge in [-0.3, -0.25) is 10.4 Å². The van der Waals surface area contributed by atoms with Gasteiger partial charge in [0.25, 0.3) is 0 Å². The molecule has 0 atom stereocenters. The number of hydrogen-bond donors (Lipinski definition) is 2. The van der Waals surface area contributed by atoms with Crippen molar-refractivity contribution in [2.24, 2.45) is 0 Å². The summed E-state index contributed by atoms with van der Waals surface area (Å²) < 4.78 is 0. The summed E-state index contributed by atoms with van der Waals surface area (Å²) >= 11 is 0. The van der Waals surface area contributed by atoms with Crippen molar-refractivity contribution in [1.82, 2.24) is 0 Å². The van der Waals surface area contributed by atoms with Crippen molar-refractivity contribution in [3.63, 3.8) is 0 Å². The van der Waals surface area contributed by atoms with Gasteiger partial charge in [-0.2, -0.15) is 0 Å². The molecule has 2 N–H and O–H groups in total. The number of benzene rings is 4. The van der Waals surface area contributed by atoms with Crippen molar-refractivity contribution >= 4 is 33.5 Å². The van der Waals surface area contributed by atoms with Crippen LogP contribution in [0.15, 0.2) is 97.1 Å². The molecule has 0 aliphatic carbocycles. The topological polar surface area (TPSA) is 27.3 Å². The number of para-hydroxylation sites is 3. The van der Waals surface area contributed by atoms with Crippen LogP contribution in [0.4, 0.5) is 22.7 Å². The molecule has 0 aliphatic rings. The summed E-state index contributed by atoms with van der Waals surface area (Å²) in [5.41, 5.74) is 7.80. The molecular weight excluding hydrogens is 318 g/mol. The molecule has 3 heteroatoms. The van der Waals surface area contributed by atoms with Gasteiger partial charge in [-0.15, -0.1) is 0 Å². The van der Waals surface area contributed by atoms with E-state index in [2.05, 4.69) is 77.5 Å². The fourth-order valence-electron chi connectivity index (χ4n) is 3.11. The summed E-state index contributed by atoms with van der Waals surface area (Å²) in [6, 6.07) is 33.2. The minimum Gasteiger partial charge on any atom is -0.354 e. The standard InChI is InChI=1S/C23H21N3/c1-26(25-21-16-9-11-18-10-5-6-14-20(18)21)23-17-8-7-15-22(23)24-19-12-3-2-4-13-19/h2-17,24-25H,1H3. The molecule has 3 nitrogen and oxygen atoms in total. The molecule has 0 unspecified atom stereocenters. The van der Waals surface area contributed by atoms with Crippen LogP contribution in [0.3, 0.4) is 0 Å². The maximum Gasteiger partial charge on any atom is 0.0803 e. The van der Waals surface area contributed by atoms with Gasteiger partial charge in [-0.05, 0) is 35.7 Å². The van der Waals surface area contributed by atoms with Crippen LogP contribution in [0.2, 0.25) is 0 Å². The molecule has 0 aliphatic heterocycles. The van der Waals surface area contributed by atoms with E-state index in [4.69, 9.17) is 0 Å². The highest BCUT2D eigenvalue weighted by Gasteiger charge is 2.09. The van der Waals surface area contributed by atoms with E-state index in [1.54, 1.807) is 0 Å². The number of fused-ring (bicyclic) bond motifs is 1. The molecule has 4 rings (SSSR count). The molecule has 0 amide bonds. The fraction of sp³-hybridized carbons (Fsp3) is 0.0435. The zero-order valence-corrected chi connectivity index (χ0v) is 14.7. The predicted octanol–water partition coefficient (Wildman–Crippen LogP) is 6.05. The average Bonchev–Trinajstić information content (AvgIpc) is 2.69. The Balaban J connectivity index is 1.63. The van der Waals surface area contributed by atoms with Crippen LogP contribution in [0.1, 0.15) is 0 Å². The zero-order valence-electron chi connectivity index (χ0n) is 14.7. The Morgan fingerprint density at radius 2 is 1.27 bits per heavy atom. The molecule has 0 fully saturated rings. The van der Waals surface area contributed by atoms with Gasteiger partial charge in [0.05, 0.1) is 17.1 Å². The van der Waals surface area contributed by atoms with Crippen molar-refractivity contribution in [2.75, 3.05) is 22.8 Å². The van der Waals surface area contributed by atoms with Gasteiger partial charge >= 0.3 is 0 Å². The second kappa shape index (κ2) is 7.19. The SMILES string of the molecule is CN(Nc1cccc2ccccc12)c1ccccc1Nc1ccccc1. The number of hydrogen-bond acceptors (Lipinski definition) is 3. The lowest BCUT2D eigenvalue weighted by Gasteiger charge is -2.25. The first kappa shape index (κ1) is 16.0. The number of nitrogens with zero attached hydrogens (tertiary/aromatic N) is 1. The summed E-state index contributed by atoms with van der Waals surface area (Å²) in [5.74, 6) is 0. The van der Waals surface area contributed by atoms with Crippen LogP contribution in [-0.2, 0) is 0 Å². The van der Waals surface area contributed by atoms with Gasteiger partial charge in [-0.1, -0.05) is 66.7 Å². The normalized spacial score (nSPS) is 10.5. The van der Waals surface area contributed by atoms with Crippen LogP contribution in [0, 0.1) is 0 Å². The van der Waals surface area contributed by atoms with E-state index in [1.807, 2.05) is 42.4 Å². The summed E-state index contributed by atoms with van der Waals surface area (Å²) in [6.45, 7) is 0. The predicted molar refractivity (Wildman–Crippen MR) is 112 cm³/mol. The molecule has 26 heavy (non-hydrogen) atoms. The Morgan fingerprint density at radius 1 is 0.615 bits per heavy atom. The first-order valence-corrected chi connectivity index (χ1v) is 8.70. The van der Waals surface area contributed by atoms with Gasteiger partial charge < -0.3 is 5.32 Å². The molecule has 4 aromatic carbocycles. The molecule has 128 valence electrons. The van der Waals surface area contributed by atoms with Crippen LogP contribution >= 0.6 is 0 Å². The first-order valence-electron chi connectivity index (χ1n) is 8.70. The van der Waals surface area contributed by atoms with E-state index in [-0.39, 0.29) is 0 Å². The monoisotopic (exact) mass is 339 g/mol. The highest BCUT2D eigenvalue weighted by molar-refractivity contribution is 5.94. The molecule has 0 radical (unpaired) electrons. The second-order valence-corrected chi connectivity index (χ2v) is 6.21. The summed E-state index contributed by atoms with van der Waals surface area (Å²) in [6.07, 6.45) is 0. The first-order chi connectivity index (χ1) is 12.8. The Morgan fingerprint density at radius 3 is 2.15 bits per heavy atom. The zero-order chi connectivity index (χ0) is 17.8. The number of nitrogens with one attached hydrogen (secondary N) is 2.